The van der Waals surface area contributed by atoms with Gasteiger partial charge in [-0.15, -0.1) is 0 Å². The number of nitrogens with zero attached hydrogens (tertiary/aromatic N) is 1. The van der Waals surface area contributed by atoms with Gasteiger partial charge in [-0.2, -0.15) is 0 Å². The molecule has 2 aromatic carbocycles. The summed E-state index contributed by atoms with van der Waals surface area (Å²) in [7, 11) is 3.57. The average molecular weight is 370 g/mol. The highest BCUT2D eigenvalue weighted by atomic mass is 16.6. The molecule has 1 aliphatic rings. The molecular weight excluding hydrogens is 344 g/mol. The minimum atomic E-state index is -0.260. The lowest BCUT2D eigenvalue weighted by molar-refractivity contribution is -0.125. The normalized spacial score (nSPS) is 13.9. The third-order valence-electron chi connectivity index (χ3n) is 4.68. The Morgan fingerprint density at radius 1 is 1.15 bits per heavy atom. The molecule has 1 atom stereocenters. The van der Waals surface area contributed by atoms with Crippen molar-refractivity contribution < 1.29 is 19.0 Å². The van der Waals surface area contributed by atoms with E-state index in [1.807, 2.05) is 61.3 Å². The van der Waals surface area contributed by atoms with Gasteiger partial charge in [-0.25, -0.2) is 0 Å². The number of hydrogen-bond acceptors (Lipinski definition) is 5. The number of nitrogens with one attached hydrogen (secondary N) is 1. The maximum absolute atomic E-state index is 12.5. The Morgan fingerprint density at radius 2 is 1.93 bits per heavy atom. The highest BCUT2D eigenvalue weighted by Crippen LogP contribution is 2.31. The van der Waals surface area contributed by atoms with Gasteiger partial charge in [0.15, 0.2) is 11.5 Å². The van der Waals surface area contributed by atoms with Crippen LogP contribution in [0.15, 0.2) is 42.5 Å². The van der Waals surface area contributed by atoms with Crippen molar-refractivity contribution in [3.63, 3.8) is 0 Å². The Bertz CT molecular complexity index is 794. The van der Waals surface area contributed by atoms with Crippen molar-refractivity contribution in [1.82, 2.24) is 10.2 Å². The first-order chi connectivity index (χ1) is 13.1. The lowest BCUT2D eigenvalue weighted by atomic mass is 10.1. The molecule has 1 unspecified atom stereocenters. The van der Waals surface area contributed by atoms with Crippen molar-refractivity contribution in [3.05, 3.63) is 53.6 Å². The Balaban J connectivity index is 1.54. The van der Waals surface area contributed by atoms with E-state index >= 15 is 0 Å². The van der Waals surface area contributed by atoms with Crippen LogP contribution in [-0.4, -0.2) is 44.2 Å². The van der Waals surface area contributed by atoms with Crippen LogP contribution in [0, 0.1) is 0 Å². The number of amides is 1. The number of carbonyl (C=O) groups excluding carboxylic acids is 1. The second-order valence-electron chi connectivity index (χ2n) is 6.64. The highest BCUT2D eigenvalue weighted by molar-refractivity contribution is 5.81. The summed E-state index contributed by atoms with van der Waals surface area (Å²) in [6.07, 6.45) is 0. The van der Waals surface area contributed by atoms with E-state index in [0.717, 1.165) is 28.4 Å². The zero-order chi connectivity index (χ0) is 19.2. The van der Waals surface area contributed by atoms with E-state index in [1.165, 1.54) is 0 Å². The first-order valence-electron chi connectivity index (χ1n) is 9.06. The van der Waals surface area contributed by atoms with Crippen LogP contribution in [-0.2, 0) is 17.9 Å². The molecule has 0 spiro atoms. The van der Waals surface area contributed by atoms with Crippen molar-refractivity contribution in [2.45, 2.75) is 26.1 Å². The monoisotopic (exact) mass is 370 g/mol. The third kappa shape index (κ3) is 4.92. The Hall–Kier alpha value is -2.73. The molecule has 144 valence electrons. The number of ether oxygens (including phenoxy) is 3. The fraction of sp³-hybridized carbons (Fsp3) is 0.381. The summed E-state index contributed by atoms with van der Waals surface area (Å²) in [5, 5.41) is 2.99. The quantitative estimate of drug-likeness (QED) is 0.812. The number of rotatable bonds is 7. The molecule has 27 heavy (non-hydrogen) atoms. The standard InChI is InChI=1S/C21H26N2O4/c1-15(21(24)22-13-16-5-4-6-18(11-16)25-3)23(2)14-17-7-8-19-20(12-17)27-10-9-26-19/h4-8,11-12,15H,9-10,13-14H2,1-3H3,(H,22,24). The first kappa shape index (κ1) is 19.0. The number of benzene rings is 2. The number of hydrogen-bond donors (Lipinski definition) is 1. The molecular formula is C21H26N2O4. The summed E-state index contributed by atoms with van der Waals surface area (Å²) < 4.78 is 16.4. The molecule has 1 heterocycles. The minimum Gasteiger partial charge on any atom is -0.497 e. The summed E-state index contributed by atoms with van der Waals surface area (Å²) in [5.41, 5.74) is 2.08. The molecule has 6 nitrogen and oxygen atoms in total. The topological polar surface area (TPSA) is 60.0 Å². The molecule has 0 fully saturated rings. The first-order valence-corrected chi connectivity index (χ1v) is 9.06. The van der Waals surface area contributed by atoms with Crippen molar-refractivity contribution in [2.24, 2.45) is 0 Å². The van der Waals surface area contributed by atoms with Crippen molar-refractivity contribution in [1.29, 1.82) is 0 Å². The van der Waals surface area contributed by atoms with Gasteiger partial charge in [0.2, 0.25) is 5.91 Å². The molecule has 0 aliphatic carbocycles. The smallest absolute Gasteiger partial charge is 0.237 e. The van der Waals surface area contributed by atoms with Crippen molar-refractivity contribution in [2.75, 3.05) is 27.4 Å². The zero-order valence-corrected chi connectivity index (χ0v) is 16.0. The molecule has 3 rings (SSSR count). The molecule has 1 amide bonds. The van der Waals surface area contributed by atoms with E-state index < -0.39 is 0 Å². The van der Waals surface area contributed by atoms with Crippen molar-refractivity contribution >= 4 is 5.91 Å². The maximum atomic E-state index is 12.5. The fourth-order valence-electron chi connectivity index (χ4n) is 2.93. The van der Waals surface area contributed by atoms with Crippen LogP contribution in [0.25, 0.3) is 0 Å². The second kappa shape index (κ2) is 8.77. The van der Waals surface area contributed by atoms with Gasteiger partial charge < -0.3 is 19.5 Å². The molecule has 0 saturated heterocycles. The number of fused-ring (bicyclic) bond motifs is 1. The van der Waals surface area contributed by atoms with Crippen LogP contribution in [0.4, 0.5) is 0 Å². The van der Waals surface area contributed by atoms with E-state index in [0.29, 0.717) is 26.3 Å². The van der Waals surface area contributed by atoms with E-state index in [4.69, 9.17) is 14.2 Å². The number of likely N-dealkylation sites (N-methyl/N-ethyl adjacent to an activating group) is 1. The molecule has 1 aliphatic heterocycles. The maximum Gasteiger partial charge on any atom is 0.237 e. The fourth-order valence-corrected chi connectivity index (χ4v) is 2.93. The predicted octanol–water partition coefficient (Wildman–Crippen LogP) is 2.60. The Morgan fingerprint density at radius 3 is 2.70 bits per heavy atom. The van der Waals surface area contributed by atoms with Gasteiger partial charge in [0.1, 0.15) is 19.0 Å². The highest BCUT2D eigenvalue weighted by Gasteiger charge is 2.19. The zero-order valence-electron chi connectivity index (χ0n) is 16.0. The van der Waals surface area contributed by atoms with Crippen LogP contribution in [0.2, 0.25) is 0 Å². The van der Waals surface area contributed by atoms with Crippen LogP contribution in [0.5, 0.6) is 17.2 Å². The van der Waals surface area contributed by atoms with Crippen LogP contribution in [0.3, 0.4) is 0 Å². The molecule has 6 heteroatoms. The largest absolute Gasteiger partial charge is 0.497 e. The van der Waals surface area contributed by atoms with Crippen LogP contribution in [0.1, 0.15) is 18.1 Å². The average Bonchev–Trinajstić information content (AvgIpc) is 2.71. The summed E-state index contributed by atoms with van der Waals surface area (Å²) in [4.78, 5) is 14.5. The SMILES string of the molecule is COc1cccc(CNC(=O)C(C)N(C)Cc2ccc3c(c2)OCCO3)c1. The minimum absolute atomic E-state index is 0.0159. The summed E-state index contributed by atoms with van der Waals surface area (Å²) in [6, 6.07) is 13.3. The van der Waals surface area contributed by atoms with Crippen LogP contribution >= 0.6 is 0 Å². The van der Waals surface area contributed by atoms with Gasteiger partial charge in [-0.3, -0.25) is 9.69 Å². The Kier molecular flexibility index (Phi) is 6.19. The summed E-state index contributed by atoms with van der Waals surface area (Å²) >= 11 is 0. The predicted molar refractivity (Wildman–Crippen MR) is 103 cm³/mol. The molecule has 0 bridgehead atoms. The molecule has 1 N–H and O–H groups in total. The van der Waals surface area contributed by atoms with Gasteiger partial charge in [-0.05, 0) is 49.4 Å². The summed E-state index contributed by atoms with van der Waals surface area (Å²) in [5.74, 6) is 2.31. The van der Waals surface area contributed by atoms with Crippen LogP contribution < -0.4 is 19.5 Å². The lowest BCUT2D eigenvalue weighted by Gasteiger charge is -2.25. The molecule has 0 saturated carbocycles. The lowest BCUT2D eigenvalue weighted by Crippen LogP contribution is -2.42. The molecule has 2 aromatic rings. The molecule has 0 aromatic heterocycles. The summed E-state index contributed by atoms with van der Waals surface area (Å²) in [6.45, 7) is 4.16. The molecule has 0 radical (unpaired) electrons. The number of carbonyl (C=O) groups is 1. The van der Waals surface area contributed by atoms with Gasteiger partial charge in [-0.1, -0.05) is 18.2 Å². The van der Waals surface area contributed by atoms with Gasteiger partial charge in [0, 0.05) is 13.1 Å². The van der Waals surface area contributed by atoms with E-state index in [9.17, 15) is 4.79 Å². The number of methoxy groups -OCH3 is 1. The van der Waals surface area contributed by atoms with Gasteiger partial charge in [0.25, 0.3) is 0 Å². The van der Waals surface area contributed by atoms with Gasteiger partial charge in [0.05, 0.1) is 13.2 Å². The third-order valence-corrected chi connectivity index (χ3v) is 4.68. The van der Waals surface area contributed by atoms with E-state index in [1.54, 1.807) is 7.11 Å². The second-order valence-corrected chi connectivity index (χ2v) is 6.64. The van der Waals surface area contributed by atoms with E-state index in [2.05, 4.69) is 5.32 Å². The van der Waals surface area contributed by atoms with E-state index in [-0.39, 0.29) is 11.9 Å². The van der Waals surface area contributed by atoms with Crippen molar-refractivity contribution in [3.8, 4) is 17.2 Å². The Labute approximate surface area is 160 Å². The van der Waals surface area contributed by atoms with Gasteiger partial charge >= 0.3 is 0 Å².